The Balaban J connectivity index is 1.95. The maximum atomic E-state index is 13.5. The maximum Gasteiger partial charge on any atom is 0.227 e. The van der Waals surface area contributed by atoms with E-state index in [1.807, 2.05) is 78.4 Å². The summed E-state index contributed by atoms with van der Waals surface area (Å²) in [5, 5.41) is 0.785. The van der Waals surface area contributed by atoms with Gasteiger partial charge in [0.25, 0.3) is 0 Å². The van der Waals surface area contributed by atoms with Crippen LogP contribution < -0.4 is 4.74 Å². The standard InChI is InChI=1S/C21H18BrNO2/c1-2-21(16-11-9-15(14-22)10-12-16)20(24)18-7-5-13-23(18)17-6-3-4-8-19(17)25-21/h3-13H,2,14H2,1H3. The van der Waals surface area contributed by atoms with Crippen LogP contribution in [0.3, 0.4) is 0 Å². The lowest BCUT2D eigenvalue weighted by molar-refractivity contribution is 0.0424. The van der Waals surface area contributed by atoms with Gasteiger partial charge < -0.3 is 9.30 Å². The fraction of sp³-hybridized carbons (Fsp3) is 0.190. The number of hydrogen-bond acceptors (Lipinski definition) is 2. The van der Waals surface area contributed by atoms with E-state index in [-0.39, 0.29) is 5.78 Å². The maximum absolute atomic E-state index is 13.5. The number of carbonyl (C=O) groups is 1. The number of fused-ring (bicyclic) bond motifs is 3. The average Bonchev–Trinajstić information content (AvgIpc) is 3.12. The first-order valence-electron chi connectivity index (χ1n) is 8.35. The lowest BCUT2D eigenvalue weighted by atomic mass is 9.85. The smallest absolute Gasteiger partial charge is 0.227 e. The number of ketones is 1. The normalized spacial score (nSPS) is 18.9. The molecule has 2 aromatic carbocycles. The zero-order valence-corrected chi connectivity index (χ0v) is 15.5. The van der Waals surface area contributed by atoms with Crippen molar-refractivity contribution in [2.75, 3.05) is 0 Å². The Morgan fingerprint density at radius 2 is 1.80 bits per heavy atom. The quantitative estimate of drug-likeness (QED) is 0.566. The van der Waals surface area contributed by atoms with Crippen molar-refractivity contribution in [3.8, 4) is 11.4 Å². The summed E-state index contributed by atoms with van der Waals surface area (Å²) in [6.45, 7) is 2.00. The number of carbonyl (C=O) groups excluding carboxylic acids is 1. The second-order valence-electron chi connectivity index (χ2n) is 6.17. The molecule has 0 saturated heterocycles. The van der Waals surface area contributed by atoms with Gasteiger partial charge in [0.15, 0.2) is 5.60 Å². The van der Waals surface area contributed by atoms with Crippen LogP contribution in [0, 0.1) is 0 Å². The minimum Gasteiger partial charge on any atom is -0.472 e. The van der Waals surface area contributed by atoms with Crippen molar-refractivity contribution in [1.29, 1.82) is 0 Å². The third-order valence-electron chi connectivity index (χ3n) is 4.83. The van der Waals surface area contributed by atoms with Crippen LogP contribution in [0.5, 0.6) is 5.75 Å². The molecule has 1 aliphatic heterocycles. The number of rotatable bonds is 3. The molecule has 4 heteroatoms. The summed E-state index contributed by atoms with van der Waals surface area (Å²) in [7, 11) is 0. The number of hydrogen-bond donors (Lipinski definition) is 0. The average molecular weight is 396 g/mol. The molecule has 1 unspecified atom stereocenters. The molecule has 3 aromatic rings. The van der Waals surface area contributed by atoms with Gasteiger partial charge in [-0.15, -0.1) is 0 Å². The van der Waals surface area contributed by atoms with E-state index in [9.17, 15) is 4.79 Å². The molecule has 0 radical (unpaired) electrons. The van der Waals surface area contributed by atoms with E-state index in [1.165, 1.54) is 5.56 Å². The minimum atomic E-state index is -1.02. The van der Waals surface area contributed by atoms with Crippen LogP contribution in [0.15, 0.2) is 66.9 Å². The highest BCUT2D eigenvalue weighted by atomic mass is 79.9. The zero-order chi connectivity index (χ0) is 17.4. The Labute approximate surface area is 155 Å². The molecule has 25 heavy (non-hydrogen) atoms. The van der Waals surface area contributed by atoms with E-state index in [0.717, 1.165) is 22.3 Å². The highest BCUT2D eigenvalue weighted by Gasteiger charge is 2.45. The molecule has 3 nitrogen and oxygen atoms in total. The number of alkyl halides is 1. The van der Waals surface area contributed by atoms with Crippen LogP contribution in [0.25, 0.3) is 5.69 Å². The van der Waals surface area contributed by atoms with Crippen LogP contribution in [0.1, 0.15) is 35.0 Å². The van der Waals surface area contributed by atoms with Gasteiger partial charge in [-0.3, -0.25) is 4.79 Å². The summed E-state index contributed by atoms with van der Waals surface area (Å²) >= 11 is 3.47. The molecule has 0 amide bonds. The number of Topliss-reactive ketones (excluding diaryl/α,β-unsaturated/α-hetero) is 1. The Morgan fingerprint density at radius 3 is 2.52 bits per heavy atom. The fourth-order valence-corrected chi connectivity index (χ4v) is 3.82. The third kappa shape index (κ3) is 2.44. The summed E-state index contributed by atoms with van der Waals surface area (Å²) in [4.78, 5) is 13.5. The molecule has 0 fully saturated rings. The van der Waals surface area contributed by atoms with E-state index >= 15 is 0 Å². The Morgan fingerprint density at radius 1 is 1.04 bits per heavy atom. The molecular formula is C21H18BrNO2. The lowest BCUT2D eigenvalue weighted by Gasteiger charge is -2.31. The van der Waals surface area contributed by atoms with Crippen LogP contribution >= 0.6 is 15.9 Å². The van der Waals surface area contributed by atoms with Gasteiger partial charge in [0, 0.05) is 17.1 Å². The summed E-state index contributed by atoms with van der Waals surface area (Å²) in [6.07, 6.45) is 2.47. The molecule has 1 aliphatic rings. The zero-order valence-electron chi connectivity index (χ0n) is 13.9. The Kier molecular flexibility index (Phi) is 4.00. The first-order chi connectivity index (χ1) is 12.2. The van der Waals surface area contributed by atoms with Crippen molar-refractivity contribution in [1.82, 2.24) is 4.57 Å². The van der Waals surface area contributed by atoms with Crippen molar-refractivity contribution in [3.63, 3.8) is 0 Å². The van der Waals surface area contributed by atoms with E-state index in [1.54, 1.807) is 0 Å². The van der Waals surface area contributed by atoms with Gasteiger partial charge in [0.05, 0.1) is 11.4 Å². The van der Waals surface area contributed by atoms with Crippen LogP contribution in [-0.4, -0.2) is 10.4 Å². The number of halogens is 1. The molecule has 2 heterocycles. The number of benzene rings is 2. The predicted octanol–water partition coefficient (Wildman–Crippen LogP) is 5.25. The molecule has 0 saturated carbocycles. The van der Waals surface area contributed by atoms with Gasteiger partial charge in [-0.2, -0.15) is 0 Å². The van der Waals surface area contributed by atoms with Crippen LogP contribution in [0.4, 0.5) is 0 Å². The lowest BCUT2D eigenvalue weighted by Crippen LogP contribution is -2.41. The third-order valence-corrected chi connectivity index (χ3v) is 5.48. The fourth-order valence-electron chi connectivity index (χ4n) is 3.45. The number of aromatic nitrogens is 1. The first kappa shape index (κ1) is 16.2. The highest BCUT2D eigenvalue weighted by molar-refractivity contribution is 9.08. The Bertz CT molecular complexity index is 929. The monoisotopic (exact) mass is 395 g/mol. The van der Waals surface area contributed by atoms with Gasteiger partial charge in [-0.25, -0.2) is 0 Å². The molecule has 4 rings (SSSR count). The second kappa shape index (κ2) is 6.19. The summed E-state index contributed by atoms with van der Waals surface area (Å²) in [5.74, 6) is 0.708. The summed E-state index contributed by atoms with van der Waals surface area (Å²) in [5.41, 5.74) is 2.57. The molecule has 0 spiro atoms. The second-order valence-corrected chi connectivity index (χ2v) is 6.73. The number of ether oxygens (including phenoxy) is 1. The van der Waals surface area contributed by atoms with E-state index in [2.05, 4.69) is 15.9 Å². The molecule has 0 bridgehead atoms. The van der Waals surface area contributed by atoms with Crippen molar-refractivity contribution < 1.29 is 9.53 Å². The van der Waals surface area contributed by atoms with E-state index < -0.39 is 5.60 Å². The molecule has 0 aliphatic carbocycles. The molecule has 126 valence electrons. The molecular weight excluding hydrogens is 378 g/mol. The van der Waals surface area contributed by atoms with Gasteiger partial charge in [0.2, 0.25) is 5.78 Å². The predicted molar refractivity (Wildman–Crippen MR) is 102 cm³/mol. The van der Waals surface area contributed by atoms with Crippen molar-refractivity contribution in [2.45, 2.75) is 24.3 Å². The van der Waals surface area contributed by atoms with Crippen molar-refractivity contribution >= 4 is 21.7 Å². The van der Waals surface area contributed by atoms with E-state index in [0.29, 0.717) is 12.1 Å². The van der Waals surface area contributed by atoms with Crippen molar-refractivity contribution in [3.05, 3.63) is 83.7 Å². The van der Waals surface area contributed by atoms with Crippen LogP contribution in [0.2, 0.25) is 0 Å². The summed E-state index contributed by atoms with van der Waals surface area (Å²) < 4.78 is 8.34. The van der Waals surface area contributed by atoms with Crippen LogP contribution in [-0.2, 0) is 10.9 Å². The summed E-state index contributed by atoms with van der Waals surface area (Å²) in [6, 6.07) is 19.6. The minimum absolute atomic E-state index is 0.0113. The SMILES string of the molecule is CCC1(c2ccc(CBr)cc2)Oc2ccccc2-n2cccc2C1=O. The topological polar surface area (TPSA) is 31.2 Å². The highest BCUT2D eigenvalue weighted by Crippen LogP contribution is 2.41. The van der Waals surface area contributed by atoms with Gasteiger partial charge in [-0.1, -0.05) is 59.3 Å². The molecule has 1 atom stereocenters. The molecule has 1 aromatic heterocycles. The molecule has 0 N–H and O–H groups in total. The first-order valence-corrected chi connectivity index (χ1v) is 9.47. The van der Waals surface area contributed by atoms with Crippen molar-refractivity contribution in [2.24, 2.45) is 0 Å². The number of para-hydroxylation sites is 2. The van der Waals surface area contributed by atoms with Gasteiger partial charge in [0.1, 0.15) is 5.75 Å². The van der Waals surface area contributed by atoms with Gasteiger partial charge in [-0.05, 0) is 36.2 Å². The van der Waals surface area contributed by atoms with Gasteiger partial charge >= 0.3 is 0 Å². The number of nitrogens with zero attached hydrogens (tertiary/aromatic N) is 1. The van der Waals surface area contributed by atoms with E-state index in [4.69, 9.17) is 4.74 Å². The largest absolute Gasteiger partial charge is 0.472 e. The Hall–Kier alpha value is -2.33.